The number of anilines is 2. The summed E-state index contributed by atoms with van der Waals surface area (Å²) >= 11 is 0. The maximum absolute atomic E-state index is 5.71. The lowest BCUT2D eigenvalue weighted by Gasteiger charge is -2.26. The maximum atomic E-state index is 5.71. The third-order valence-corrected chi connectivity index (χ3v) is 2.81. The number of hydrogen-bond acceptors (Lipinski definition) is 5. The standard InChI is InChI=1S/C11H19N5/c1-8(2)9-13-10(12)15-11(14-9)16-6-4-3-5-7-16/h8H,3-7H2,1-2H3,(H2,12,13,14,15). The third kappa shape index (κ3) is 2.40. The highest BCUT2D eigenvalue weighted by molar-refractivity contribution is 5.35. The molecule has 0 saturated carbocycles. The van der Waals surface area contributed by atoms with Gasteiger partial charge in [0.05, 0.1) is 0 Å². The molecule has 0 amide bonds. The summed E-state index contributed by atoms with van der Waals surface area (Å²) in [5, 5.41) is 0. The average molecular weight is 221 g/mol. The molecule has 88 valence electrons. The van der Waals surface area contributed by atoms with E-state index >= 15 is 0 Å². The van der Waals surface area contributed by atoms with E-state index in [1.807, 2.05) is 0 Å². The van der Waals surface area contributed by atoms with Crippen LogP contribution in [0.3, 0.4) is 0 Å². The Balaban J connectivity index is 2.25. The molecule has 1 aromatic rings. The monoisotopic (exact) mass is 221 g/mol. The Labute approximate surface area is 96.1 Å². The summed E-state index contributed by atoms with van der Waals surface area (Å²) in [5.74, 6) is 2.15. The molecule has 1 fully saturated rings. The minimum absolute atomic E-state index is 0.286. The fraction of sp³-hybridized carbons (Fsp3) is 0.727. The van der Waals surface area contributed by atoms with Gasteiger partial charge in [0.1, 0.15) is 5.82 Å². The quantitative estimate of drug-likeness (QED) is 0.821. The summed E-state index contributed by atoms with van der Waals surface area (Å²) in [5.41, 5.74) is 5.71. The van der Waals surface area contributed by atoms with Gasteiger partial charge in [0.25, 0.3) is 0 Å². The van der Waals surface area contributed by atoms with E-state index in [2.05, 4.69) is 33.7 Å². The van der Waals surface area contributed by atoms with E-state index in [1.54, 1.807) is 0 Å². The predicted molar refractivity (Wildman–Crippen MR) is 64.4 cm³/mol. The number of piperidine rings is 1. The van der Waals surface area contributed by atoms with Crippen LogP contribution < -0.4 is 10.6 Å². The van der Waals surface area contributed by atoms with Crippen molar-refractivity contribution in [1.29, 1.82) is 0 Å². The van der Waals surface area contributed by atoms with Crippen molar-refractivity contribution in [1.82, 2.24) is 15.0 Å². The number of nitrogen functional groups attached to an aromatic ring is 1. The van der Waals surface area contributed by atoms with Crippen LogP contribution in [-0.4, -0.2) is 28.0 Å². The van der Waals surface area contributed by atoms with Gasteiger partial charge in [0.2, 0.25) is 11.9 Å². The van der Waals surface area contributed by atoms with Gasteiger partial charge in [0.15, 0.2) is 0 Å². The lowest BCUT2D eigenvalue weighted by atomic mass is 10.1. The molecule has 0 atom stereocenters. The van der Waals surface area contributed by atoms with Gasteiger partial charge in [0, 0.05) is 19.0 Å². The highest BCUT2D eigenvalue weighted by atomic mass is 15.3. The van der Waals surface area contributed by atoms with Crippen LogP contribution in [0.25, 0.3) is 0 Å². The molecule has 1 aliphatic rings. The van der Waals surface area contributed by atoms with E-state index in [-0.39, 0.29) is 5.92 Å². The van der Waals surface area contributed by atoms with E-state index in [4.69, 9.17) is 5.73 Å². The Bertz CT molecular complexity index is 357. The van der Waals surface area contributed by atoms with Gasteiger partial charge in [-0.15, -0.1) is 0 Å². The van der Waals surface area contributed by atoms with Gasteiger partial charge in [-0.05, 0) is 19.3 Å². The van der Waals surface area contributed by atoms with Crippen LogP contribution in [0.15, 0.2) is 0 Å². The van der Waals surface area contributed by atoms with Crippen molar-refractivity contribution < 1.29 is 0 Å². The van der Waals surface area contributed by atoms with Crippen LogP contribution in [0.4, 0.5) is 11.9 Å². The third-order valence-electron chi connectivity index (χ3n) is 2.81. The summed E-state index contributed by atoms with van der Waals surface area (Å²) in [6.07, 6.45) is 3.72. The largest absolute Gasteiger partial charge is 0.368 e. The highest BCUT2D eigenvalue weighted by Crippen LogP contribution is 2.18. The summed E-state index contributed by atoms with van der Waals surface area (Å²) in [4.78, 5) is 15.1. The normalized spacial score (nSPS) is 16.8. The SMILES string of the molecule is CC(C)c1nc(N)nc(N2CCCCC2)n1. The van der Waals surface area contributed by atoms with Crippen molar-refractivity contribution >= 4 is 11.9 Å². The Morgan fingerprint density at radius 2 is 1.75 bits per heavy atom. The molecule has 2 rings (SSSR count). The zero-order chi connectivity index (χ0) is 11.5. The lowest BCUT2D eigenvalue weighted by molar-refractivity contribution is 0.565. The minimum Gasteiger partial charge on any atom is -0.368 e. The predicted octanol–water partition coefficient (Wildman–Crippen LogP) is 1.57. The average Bonchev–Trinajstić information content (AvgIpc) is 2.29. The van der Waals surface area contributed by atoms with Gasteiger partial charge < -0.3 is 10.6 Å². The van der Waals surface area contributed by atoms with Crippen LogP contribution >= 0.6 is 0 Å². The molecule has 2 N–H and O–H groups in total. The molecular weight excluding hydrogens is 202 g/mol. The molecule has 0 spiro atoms. The minimum atomic E-state index is 0.286. The fourth-order valence-electron chi connectivity index (χ4n) is 1.89. The summed E-state index contributed by atoms with van der Waals surface area (Å²) in [6.45, 7) is 6.19. The summed E-state index contributed by atoms with van der Waals surface area (Å²) in [7, 11) is 0. The summed E-state index contributed by atoms with van der Waals surface area (Å²) < 4.78 is 0. The smallest absolute Gasteiger partial charge is 0.230 e. The van der Waals surface area contributed by atoms with Crippen molar-refractivity contribution in [2.45, 2.75) is 39.0 Å². The molecule has 1 aliphatic heterocycles. The number of aromatic nitrogens is 3. The van der Waals surface area contributed by atoms with Crippen LogP contribution in [0, 0.1) is 0 Å². The highest BCUT2D eigenvalue weighted by Gasteiger charge is 2.16. The van der Waals surface area contributed by atoms with E-state index in [0.29, 0.717) is 5.95 Å². The fourth-order valence-corrected chi connectivity index (χ4v) is 1.89. The second kappa shape index (κ2) is 4.63. The number of nitrogens with two attached hydrogens (primary N) is 1. The first kappa shape index (κ1) is 11.1. The van der Waals surface area contributed by atoms with Crippen molar-refractivity contribution in [2.75, 3.05) is 23.7 Å². The van der Waals surface area contributed by atoms with Crippen LogP contribution in [0.5, 0.6) is 0 Å². The van der Waals surface area contributed by atoms with Gasteiger partial charge in [-0.2, -0.15) is 15.0 Å². The Morgan fingerprint density at radius 3 is 2.38 bits per heavy atom. The molecule has 5 heteroatoms. The van der Waals surface area contributed by atoms with Crippen molar-refractivity contribution in [2.24, 2.45) is 0 Å². The number of hydrogen-bond donors (Lipinski definition) is 1. The second-order valence-corrected chi connectivity index (χ2v) is 4.55. The van der Waals surface area contributed by atoms with Gasteiger partial charge in [-0.25, -0.2) is 0 Å². The van der Waals surface area contributed by atoms with Crippen molar-refractivity contribution in [3.05, 3.63) is 5.82 Å². The lowest BCUT2D eigenvalue weighted by Crippen LogP contribution is -2.31. The molecule has 1 aromatic heterocycles. The molecule has 0 unspecified atom stereocenters. The molecular formula is C11H19N5. The molecule has 0 radical (unpaired) electrons. The first-order chi connectivity index (χ1) is 7.66. The van der Waals surface area contributed by atoms with Crippen LogP contribution in [0.2, 0.25) is 0 Å². The molecule has 0 bridgehead atoms. The topological polar surface area (TPSA) is 67.9 Å². The molecule has 0 aliphatic carbocycles. The van der Waals surface area contributed by atoms with E-state index < -0.39 is 0 Å². The van der Waals surface area contributed by atoms with Crippen LogP contribution in [-0.2, 0) is 0 Å². The second-order valence-electron chi connectivity index (χ2n) is 4.55. The number of nitrogens with zero attached hydrogens (tertiary/aromatic N) is 4. The van der Waals surface area contributed by atoms with Gasteiger partial charge in [-0.3, -0.25) is 0 Å². The maximum Gasteiger partial charge on any atom is 0.230 e. The molecule has 1 saturated heterocycles. The van der Waals surface area contributed by atoms with E-state index in [9.17, 15) is 0 Å². The first-order valence-corrected chi connectivity index (χ1v) is 5.93. The summed E-state index contributed by atoms with van der Waals surface area (Å²) in [6, 6.07) is 0. The zero-order valence-electron chi connectivity index (χ0n) is 9.98. The number of rotatable bonds is 2. The molecule has 16 heavy (non-hydrogen) atoms. The van der Waals surface area contributed by atoms with E-state index in [1.165, 1.54) is 19.3 Å². The van der Waals surface area contributed by atoms with Crippen molar-refractivity contribution in [3.8, 4) is 0 Å². The van der Waals surface area contributed by atoms with Crippen molar-refractivity contribution in [3.63, 3.8) is 0 Å². The van der Waals surface area contributed by atoms with Crippen LogP contribution in [0.1, 0.15) is 44.9 Å². The molecule has 0 aromatic carbocycles. The first-order valence-electron chi connectivity index (χ1n) is 5.93. The molecule has 5 nitrogen and oxygen atoms in total. The molecule has 2 heterocycles. The Hall–Kier alpha value is -1.39. The van der Waals surface area contributed by atoms with Gasteiger partial charge in [-0.1, -0.05) is 13.8 Å². The van der Waals surface area contributed by atoms with E-state index in [0.717, 1.165) is 24.9 Å². The van der Waals surface area contributed by atoms with Gasteiger partial charge >= 0.3 is 0 Å². The Morgan fingerprint density at radius 1 is 1.06 bits per heavy atom. The zero-order valence-corrected chi connectivity index (χ0v) is 9.98. The Kier molecular flexibility index (Phi) is 3.22.